The van der Waals surface area contributed by atoms with E-state index < -0.39 is 0 Å². The summed E-state index contributed by atoms with van der Waals surface area (Å²) in [5.41, 5.74) is 3.08. The SMILES string of the molecule is COc1cc(F)c(Br)cc1C(Br)c1cccc(C)c1Br. The molecule has 0 spiro atoms. The number of alkyl halides is 1. The van der Waals surface area contributed by atoms with Crippen LogP contribution in [0.25, 0.3) is 0 Å². The van der Waals surface area contributed by atoms with Gasteiger partial charge in [0.05, 0.1) is 16.4 Å². The zero-order chi connectivity index (χ0) is 14.9. The molecule has 0 aliphatic heterocycles. The molecule has 0 bridgehead atoms. The molecule has 1 atom stereocenters. The van der Waals surface area contributed by atoms with Crippen molar-refractivity contribution in [1.82, 2.24) is 0 Å². The predicted molar refractivity (Wildman–Crippen MR) is 90.3 cm³/mol. The van der Waals surface area contributed by atoms with E-state index in [4.69, 9.17) is 4.74 Å². The van der Waals surface area contributed by atoms with Crippen molar-refractivity contribution in [3.8, 4) is 5.75 Å². The van der Waals surface area contributed by atoms with Crippen molar-refractivity contribution >= 4 is 47.8 Å². The average molecular weight is 467 g/mol. The van der Waals surface area contributed by atoms with Gasteiger partial charge >= 0.3 is 0 Å². The van der Waals surface area contributed by atoms with Crippen LogP contribution in [0.3, 0.4) is 0 Å². The Bertz CT molecular complexity index is 643. The summed E-state index contributed by atoms with van der Waals surface area (Å²) in [5.74, 6) is 0.176. The van der Waals surface area contributed by atoms with Crippen LogP contribution in [-0.4, -0.2) is 7.11 Å². The summed E-state index contributed by atoms with van der Waals surface area (Å²) in [4.78, 5) is -0.0939. The Morgan fingerprint density at radius 3 is 2.50 bits per heavy atom. The molecule has 1 unspecified atom stereocenters. The first-order chi connectivity index (χ1) is 9.45. The molecule has 0 N–H and O–H groups in total. The van der Waals surface area contributed by atoms with Crippen LogP contribution >= 0.6 is 47.8 Å². The second-order valence-electron chi connectivity index (χ2n) is 4.35. The van der Waals surface area contributed by atoms with Gasteiger partial charge in [-0.15, -0.1) is 0 Å². The summed E-state index contributed by atoms with van der Waals surface area (Å²) in [7, 11) is 1.54. The molecule has 0 fully saturated rings. The number of aryl methyl sites for hydroxylation is 1. The van der Waals surface area contributed by atoms with E-state index in [1.165, 1.54) is 13.2 Å². The Balaban J connectivity index is 2.55. The lowest BCUT2D eigenvalue weighted by atomic mass is 10.0. The third kappa shape index (κ3) is 3.10. The van der Waals surface area contributed by atoms with Crippen molar-refractivity contribution in [1.29, 1.82) is 0 Å². The molecule has 2 rings (SSSR count). The highest BCUT2D eigenvalue weighted by Gasteiger charge is 2.20. The molecular weight excluding hydrogens is 455 g/mol. The van der Waals surface area contributed by atoms with Crippen molar-refractivity contribution in [3.63, 3.8) is 0 Å². The maximum absolute atomic E-state index is 13.6. The summed E-state index contributed by atoms with van der Waals surface area (Å²) in [6.45, 7) is 2.03. The molecule has 0 aromatic heterocycles. The minimum atomic E-state index is -0.339. The molecule has 106 valence electrons. The van der Waals surface area contributed by atoms with Crippen LogP contribution in [-0.2, 0) is 0 Å². The van der Waals surface area contributed by atoms with Crippen molar-refractivity contribution in [2.24, 2.45) is 0 Å². The lowest BCUT2D eigenvalue weighted by Gasteiger charge is -2.17. The number of halogens is 4. The van der Waals surface area contributed by atoms with Crippen molar-refractivity contribution in [2.45, 2.75) is 11.8 Å². The van der Waals surface area contributed by atoms with Gasteiger partial charge in [-0.2, -0.15) is 0 Å². The van der Waals surface area contributed by atoms with Crippen LogP contribution < -0.4 is 4.74 Å². The Kier molecular flexibility index (Phi) is 5.26. The minimum absolute atomic E-state index is 0.0939. The van der Waals surface area contributed by atoms with Gasteiger partial charge in [0.2, 0.25) is 0 Å². The van der Waals surface area contributed by atoms with Crippen LogP contribution in [0.2, 0.25) is 0 Å². The molecule has 2 aromatic carbocycles. The number of ether oxygens (including phenoxy) is 1. The molecule has 1 nitrogen and oxygen atoms in total. The average Bonchev–Trinajstić information content (AvgIpc) is 2.43. The summed E-state index contributed by atoms with van der Waals surface area (Å²) in [5, 5.41) is 0. The maximum atomic E-state index is 13.6. The Morgan fingerprint density at radius 1 is 1.15 bits per heavy atom. The van der Waals surface area contributed by atoms with Gasteiger partial charge in [-0.1, -0.05) is 50.1 Å². The zero-order valence-electron chi connectivity index (χ0n) is 10.9. The quantitative estimate of drug-likeness (QED) is 0.493. The van der Waals surface area contributed by atoms with Gasteiger partial charge in [0.15, 0.2) is 0 Å². The summed E-state index contributed by atoms with van der Waals surface area (Å²) < 4.78 is 20.3. The number of hydrogen-bond acceptors (Lipinski definition) is 1. The molecule has 0 aliphatic rings. The van der Waals surface area contributed by atoms with Crippen molar-refractivity contribution < 1.29 is 9.13 Å². The highest BCUT2D eigenvalue weighted by atomic mass is 79.9. The molecule has 2 aromatic rings. The standard InChI is InChI=1S/C15H12Br3FO/c1-8-4-3-5-9(14(8)17)15(18)10-6-11(16)12(19)7-13(10)20-2/h3-7,15H,1-2H3. The molecule has 0 amide bonds. The number of methoxy groups -OCH3 is 1. The first kappa shape index (κ1) is 16.0. The molecule has 20 heavy (non-hydrogen) atoms. The van der Waals surface area contributed by atoms with E-state index in [0.29, 0.717) is 10.2 Å². The zero-order valence-corrected chi connectivity index (χ0v) is 15.6. The second kappa shape index (κ2) is 6.58. The molecule has 0 radical (unpaired) electrons. The fourth-order valence-electron chi connectivity index (χ4n) is 1.95. The summed E-state index contributed by atoms with van der Waals surface area (Å²) in [6, 6.07) is 9.17. The van der Waals surface area contributed by atoms with Gasteiger partial charge in [0.25, 0.3) is 0 Å². The van der Waals surface area contributed by atoms with Crippen molar-refractivity contribution in [2.75, 3.05) is 7.11 Å². The predicted octanol–water partition coefficient (Wildman–Crippen LogP) is 6.15. The first-order valence-electron chi connectivity index (χ1n) is 5.87. The third-order valence-electron chi connectivity index (χ3n) is 3.04. The van der Waals surface area contributed by atoms with Gasteiger partial charge in [-0.05, 0) is 40.0 Å². The minimum Gasteiger partial charge on any atom is -0.496 e. The number of benzene rings is 2. The van der Waals surface area contributed by atoms with Gasteiger partial charge in [-0.25, -0.2) is 4.39 Å². The summed E-state index contributed by atoms with van der Waals surface area (Å²) in [6.07, 6.45) is 0. The molecule has 0 saturated carbocycles. The first-order valence-corrected chi connectivity index (χ1v) is 8.38. The van der Waals surface area contributed by atoms with E-state index in [1.807, 2.05) is 25.1 Å². The molecular formula is C15H12Br3FO. The Hall–Kier alpha value is -0.390. The van der Waals surface area contributed by atoms with E-state index in [2.05, 4.69) is 47.8 Å². The van der Waals surface area contributed by atoms with E-state index in [1.54, 1.807) is 6.07 Å². The largest absolute Gasteiger partial charge is 0.496 e. The van der Waals surface area contributed by atoms with Gasteiger partial charge < -0.3 is 4.74 Å². The Labute approximate surface area is 142 Å². The fraction of sp³-hybridized carbons (Fsp3) is 0.200. The highest BCUT2D eigenvalue weighted by molar-refractivity contribution is 9.11. The number of rotatable bonds is 3. The monoisotopic (exact) mass is 464 g/mol. The topological polar surface area (TPSA) is 9.23 Å². The van der Waals surface area contributed by atoms with E-state index in [-0.39, 0.29) is 10.6 Å². The van der Waals surface area contributed by atoms with Crippen LogP contribution in [0.1, 0.15) is 21.5 Å². The van der Waals surface area contributed by atoms with Gasteiger partial charge in [0.1, 0.15) is 11.6 Å². The second-order valence-corrected chi connectivity index (χ2v) is 6.91. The van der Waals surface area contributed by atoms with Crippen LogP contribution in [0, 0.1) is 12.7 Å². The Morgan fingerprint density at radius 2 is 1.85 bits per heavy atom. The maximum Gasteiger partial charge on any atom is 0.141 e. The smallest absolute Gasteiger partial charge is 0.141 e. The normalized spacial score (nSPS) is 12.3. The van der Waals surface area contributed by atoms with Crippen LogP contribution in [0.4, 0.5) is 4.39 Å². The third-order valence-corrected chi connectivity index (χ3v) is 5.72. The van der Waals surface area contributed by atoms with E-state index in [9.17, 15) is 4.39 Å². The van der Waals surface area contributed by atoms with E-state index in [0.717, 1.165) is 21.2 Å². The number of hydrogen-bond donors (Lipinski definition) is 0. The van der Waals surface area contributed by atoms with Gasteiger partial charge in [0, 0.05) is 16.1 Å². The molecule has 5 heteroatoms. The molecule has 0 saturated heterocycles. The van der Waals surface area contributed by atoms with Crippen LogP contribution in [0.5, 0.6) is 5.75 Å². The van der Waals surface area contributed by atoms with Crippen LogP contribution in [0.15, 0.2) is 39.3 Å². The van der Waals surface area contributed by atoms with E-state index >= 15 is 0 Å². The highest BCUT2D eigenvalue weighted by Crippen LogP contribution is 2.42. The lowest BCUT2D eigenvalue weighted by Crippen LogP contribution is -2.00. The lowest BCUT2D eigenvalue weighted by molar-refractivity contribution is 0.406. The molecule has 0 heterocycles. The van der Waals surface area contributed by atoms with Crippen molar-refractivity contribution in [3.05, 3.63) is 61.8 Å². The molecule has 0 aliphatic carbocycles. The van der Waals surface area contributed by atoms with Gasteiger partial charge in [-0.3, -0.25) is 0 Å². The summed E-state index contributed by atoms with van der Waals surface area (Å²) >= 11 is 10.5. The fourth-order valence-corrected chi connectivity index (χ4v) is 3.85.